The second kappa shape index (κ2) is 5.30. The van der Waals surface area contributed by atoms with Crippen molar-refractivity contribution < 1.29 is 4.79 Å². The Labute approximate surface area is 105 Å². The summed E-state index contributed by atoms with van der Waals surface area (Å²) in [6.07, 6.45) is 1.52. The van der Waals surface area contributed by atoms with E-state index in [4.69, 9.17) is 5.73 Å². The van der Waals surface area contributed by atoms with Gasteiger partial charge in [0, 0.05) is 19.0 Å². The minimum Gasteiger partial charge on any atom is -0.369 e. The first-order chi connectivity index (χ1) is 8.22. The fourth-order valence-electron chi connectivity index (χ4n) is 2.24. The van der Waals surface area contributed by atoms with Gasteiger partial charge in [0.25, 0.3) is 0 Å². The summed E-state index contributed by atoms with van der Waals surface area (Å²) in [6, 6.07) is 4.13. The highest BCUT2D eigenvalue weighted by molar-refractivity contribution is 7.08. The molecular formula is C12H15N3OS. The molecule has 1 fully saturated rings. The summed E-state index contributed by atoms with van der Waals surface area (Å²) < 4.78 is 0. The standard InChI is InChI=1S/C12H15N3OS/c13-7-11(10-3-6-17-8-10)15-4-1-9(2-5-15)12(14)16/h3,6,8-9,11H,1-2,4-5H2,(H2,14,16). The number of piperidine rings is 1. The van der Waals surface area contributed by atoms with Gasteiger partial charge < -0.3 is 5.73 Å². The summed E-state index contributed by atoms with van der Waals surface area (Å²) in [5, 5.41) is 13.2. The third-order valence-electron chi connectivity index (χ3n) is 3.28. The first-order valence-corrected chi connectivity index (χ1v) is 6.61. The lowest BCUT2D eigenvalue weighted by molar-refractivity contribution is -0.123. The van der Waals surface area contributed by atoms with Crippen LogP contribution in [-0.4, -0.2) is 23.9 Å². The first kappa shape index (κ1) is 12.1. The van der Waals surface area contributed by atoms with Crippen molar-refractivity contribution in [3.8, 4) is 6.07 Å². The molecule has 1 unspecified atom stereocenters. The van der Waals surface area contributed by atoms with Gasteiger partial charge in [-0.25, -0.2) is 0 Å². The SMILES string of the molecule is N#CC(c1ccsc1)N1CCC(C(N)=O)CC1. The van der Waals surface area contributed by atoms with Crippen LogP contribution in [0.15, 0.2) is 16.8 Å². The van der Waals surface area contributed by atoms with Gasteiger partial charge in [0.05, 0.1) is 6.07 Å². The maximum atomic E-state index is 11.1. The molecule has 2 heterocycles. The quantitative estimate of drug-likeness (QED) is 0.882. The number of likely N-dealkylation sites (tertiary alicyclic amines) is 1. The van der Waals surface area contributed by atoms with Crippen LogP contribution in [0, 0.1) is 17.2 Å². The van der Waals surface area contributed by atoms with Gasteiger partial charge in [0.1, 0.15) is 6.04 Å². The first-order valence-electron chi connectivity index (χ1n) is 5.67. The predicted molar refractivity (Wildman–Crippen MR) is 66.2 cm³/mol. The van der Waals surface area contributed by atoms with Crippen molar-refractivity contribution in [2.24, 2.45) is 11.7 Å². The van der Waals surface area contributed by atoms with E-state index in [0.29, 0.717) is 0 Å². The molecule has 1 aliphatic rings. The molecule has 5 heteroatoms. The van der Waals surface area contributed by atoms with Gasteiger partial charge in [-0.3, -0.25) is 9.69 Å². The maximum Gasteiger partial charge on any atom is 0.220 e. The lowest BCUT2D eigenvalue weighted by Crippen LogP contribution is -2.40. The molecule has 0 bridgehead atoms. The molecule has 0 aliphatic carbocycles. The van der Waals surface area contributed by atoms with Gasteiger partial charge in [-0.1, -0.05) is 0 Å². The summed E-state index contributed by atoms with van der Waals surface area (Å²) >= 11 is 1.60. The van der Waals surface area contributed by atoms with Gasteiger partial charge >= 0.3 is 0 Å². The van der Waals surface area contributed by atoms with Gasteiger partial charge in [0.15, 0.2) is 0 Å². The monoisotopic (exact) mass is 249 g/mol. The highest BCUT2D eigenvalue weighted by Gasteiger charge is 2.28. The van der Waals surface area contributed by atoms with Crippen LogP contribution >= 0.6 is 11.3 Å². The number of hydrogen-bond donors (Lipinski definition) is 1. The number of rotatable bonds is 3. The Morgan fingerprint density at radius 2 is 2.29 bits per heavy atom. The zero-order valence-corrected chi connectivity index (χ0v) is 10.3. The van der Waals surface area contributed by atoms with Gasteiger partial charge in [-0.15, -0.1) is 0 Å². The molecule has 1 amide bonds. The van der Waals surface area contributed by atoms with E-state index >= 15 is 0 Å². The third kappa shape index (κ3) is 2.65. The van der Waals surface area contributed by atoms with Crippen molar-refractivity contribution in [3.05, 3.63) is 22.4 Å². The van der Waals surface area contributed by atoms with Crippen molar-refractivity contribution in [1.29, 1.82) is 5.26 Å². The molecule has 1 aromatic heterocycles. The summed E-state index contributed by atoms with van der Waals surface area (Å²) in [5.74, 6) is -0.234. The fraction of sp³-hybridized carbons (Fsp3) is 0.500. The Morgan fingerprint density at radius 3 is 2.76 bits per heavy atom. The second-order valence-electron chi connectivity index (χ2n) is 4.30. The molecule has 1 saturated heterocycles. The Kier molecular flexibility index (Phi) is 3.77. The van der Waals surface area contributed by atoms with Crippen LogP contribution in [0.1, 0.15) is 24.4 Å². The highest BCUT2D eigenvalue weighted by atomic mass is 32.1. The van der Waals surface area contributed by atoms with Gasteiger partial charge in [-0.2, -0.15) is 16.6 Å². The molecule has 0 aromatic carbocycles. The lowest BCUT2D eigenvalue weighted by atomic mass is 9.94. The van der Waals surface area contributed by atoms with Crippen LogP contribution in [0.4, 0.5) is 0 Å². The number of nitrogens with zero attached hydrogens (tertiary/aromatic N) is 2. The van der Waals surface area contributed by atoms with Crippen molar-refractivity contribution in [2.75, 3.05) is 13.1 Å². The summed E-state index contributed by atoms with van der Waals surface area (Å²) in [7, 11) is 0. The van der Waals surface area contributed by atoms with E-state index in [1.807, 2.05) is 16.8 Å². The maximum absolute atomic E-state index is 11.1. The number of carbonyl (C=O) groups is 1. The Bertz CT molecular complexity index is 415. The van der Waals surface area contributed by atoms with Crippen LogP contribution in [0.3, 0.4) is 0 Å². The molecule has 17 heavy (non-hydrogen) atoms. The molecule has 0 spiro atoms. The van der Waals surface area contributed by atoms with Crippen LogP contribution in [0.25, 0.3) is 0 Å². The van der Waals surface area contributed by atoms with Crippen LogP contribution in [-0.2, 0) is 4.79 Å². The minimum absolute atomic E-state index is 0.0203. The number of nitrogens with two attached hydrogens (primary N) is 1. The van der Waals surface area contributed by atoms with Gasteiger partial charge in [0.2, 0.25) is 5.91 Å². The van der Waals surface area contributed by atoms with E-state index in [0.717, 1.165) is 31.5 Å². The summed E-state index contributed by atoms with van der Waals surface area (Å²) in [5.41, 5.74) is 6.35. The van der Waals surface area contributed by atoms with E-state index in [-0.39, 0.29) is 17.9 Å². The number of primary amides is 1. The Balaban J connectivity index is 2.00. The fourth-order valence-corrected chi connectivity index (χ4v) is 2.92. The molecule has 4 nitrogen and oxygen atoms in total. The largest absolute Gasteiger partial charge is 0.369 e. The molecule has 2 rings (SSSR count). The van der Waals surface area contributed by atoms with Crippen LogP contribution in [0.5, 0.6) is 0 Å². The van der Waals surface area contributed by atoms with Crippen LogP contribution < -0.4 is 5.73 Å². The topological polar surface area (TPSA) is 70.1 Å². The average molecular weight is 249 g/mol. The molecule has 0 radical (unpaired) electrons. The molecule has 1 aliphatic heterocycles. The van der Waals surface area contributed by atoms with Crippen molar-refractivity contribution in [1.82, 2.24) is 4.90 Å². The van der Waals surface area contributed by atoms with E-state index < -0.39 is 0 Å². The Morgan fingerprint density at radius 1 is 1.59 bits per heavy atom. The normalized spacial score (nSPS) is 19.7. The number of carbonyl (C=O) groups excluding carboxylic acids is 1. The highest BCUT2D eigenvalue weighted by Crippen LogP contribution is 2.27. The molecule has 1 atom stereocenters. The molecule has 90 valence electrons. The molecule has 1 aromatic rings. The molecule has 0 saturated carbocycles. The summed E-state index contributed by atoms with van der Waals surface area (Å²) in [6.45, 7) is 1.53. The number of hydrogen-bond acceptors (Lipinski definition) is 4. The zero-order valence-electron chi connectivity index (χ0n) is 9.50. The number of nitriles is 1. The molecule has 2 N–H and O–H groups in total. The van der Waals surface area contributed by atoms with E-state index in [9.17, 15) is 10.1 Å². The van der Waals surface area contributed by atoms with Gasteiger partial charge in [-0.05, 0) is 35.2 Å². The van der Waals surface area contributed by atoms with Crippen molar-refractivity contribution >= 4 is 17.2 Å². The number of thiophene rings is 1. The number of amides is 1. The van der Waals surface area contributed by atoms with Crippen molar-refractivity contribution in [3.63, 3.8) is 0 Å². The Hall–Kier alpha value is -1.38. The zero-order chi connectivity index (χ0) is 12.3. The van der Waals surface area contributed by atoms with E-state index in [1.165, 1.54) is 0 Å². The minimum atomic E-state index is -0.214. The molecular weight excluding hydrogens is 234 g/mol. The second-order valence-corrected chi connectivity index (χ2v) is 5.08. The smallest absolute Gasteiger partial charge is 0.220 e. The van der Waals surface area contributed by atoms with E-state index in [1.54, 1.807) is 11.3 Å². The average Bonchev–Trinajstić information content (AvgIpc) is 2.84. The van der Waals surface area contributed by atoms with Crippen molar-refractivity contribution in [2.45, 2.75) is 18.9 Å². The third-order valence-corrected chi connectivity index (χ3v) is 3.98. The summed E-state index contributed by atoms with van der Waals surface area (Å²) in [4.78, 5) is 13.2. The lowest BCUT2D eigenvalue weighted by Gasteiger charge is -2.33. The predicted octanol–water partition coefficient (Wildman–Crippen LogP) is 1.51. The van der Waals surface area contributed by atoms with E-state index in [2.05, 4.69) is 11.0 Å². The van der Waals surface area contributed by atoms with Crippen LogP contribution in [0.2, 0.25) is 0 Å².